The molecule has 0 bridgehead atoms. The van der Waals surface area contributed by atoms with Gasteiger partial charge in [0.1, 0.15) is 0 Å². The SMILES string of the molecule is CC1SCCN(C(=O)c2ccc(Br)cc2Br)C1C. The first-order valence-electron chi connectivity index (χ1n) is 5.88. The van der Waals surface area contributed by atoms with Crippen LogP contribution in [-0.2, 0) is 0 Å². The van der Waals surface area contributed by atoms with E-state index in [0.29, 0.717) is 5.25 Å². The number of thioether (sulfide) groups is 1. The fourth-order valence-electron chi connectivity index (χ4n) is 2.04. The minimum absolute atomic E-state index is 0.119. The minimum Gasteiger partial charge on any atom is -0.334 e. The van der Waals surface area contributed by atoms with Crippen LogP contribution in [0.2, 0.25) is 0 Å². The molecule has 0 aromatic heterocycles. The molecular formula is C13H15Br2NOS. The normalized spacial score (nSPS) is 24.1. The molecule has 0 saturated carbocycles. The van der Waals surface area contributed by atoms with Crippen molar-refractivity contribution in [2.24, 2.45) is 0 Å². The highest BCUT2D eigenvalue weighted by Crippen LogP contribution is 2.28. The van der Waals surface area contributed by atoms with Crippen molar-refractivity contribution in [1.82, 2.24) is 4.90 Å². The lowest BCUT2D eigenvalue weighted by molar-refractivity contribution is 0.0697. The average molecular weight is 393 g/mol. The quantitative estimate of drug-likeness (QED) is 0.714. The van der Waals surface area contributed by atoms with E-state index in [2.05, 4.69) is 45.7 Å². The van der Waals surface area contributed by atoms with Gasteiger partial charge in [-0.1, -0.05) is 22.9 Å². The third-order valence-electron chi connectivity index (χ3n) is 3.31. The summed E-state index contributed by atoms with van der Waals surface area (Å²) < 4.78 is 1.82. The standard InChI is InChI=1S/C13H15Br2NOS/c1-8-9(2)18-6-5-16(8)13(17)11-4-3-10(14)7-12(11)15/h3-4,7-9H,5-6H2,1-2H3. The fraction of sp³-hybridized carbons (Fsp3) is 0.462. The maximum Gasteiger partial charge on any atom is 0.255 e. The van der Waals surface area contributed by atoms with Crippen molar-refractivity contribution < 1.29 is 4.79 Å². The first kappa shape index (κ1) is 14.4. The van der Waals surface area contributed by atoms with Gasteiger partial charge in [-0.2, -0.15) is 11.8 Å². The van der Waals surface area contributed by atoms with Gasteiger partial charge in [0.2, 0.25) is 0 Å². The van der Waals surface area contributed by atoms with E-state index < -0.39 is 0 Å². The molecule has 2 unspecified atom stereocenters. The van der Waals surface area contributed by atoms with Crippen molar-refractivity contribution in [1.29, 1.82) is 0 Å². The number of nitrogens with zero attached hydrogens (tertiary/aromatic N) is 1. The third kappa shape index (κ3) is 2.94. The number of halogens is 2. The van der Waals surface area contributed by atoms with Gasteiger partial charge in [-0.05, 0) is 41.1 Å². The topological polar surface area (TPSA) is 20.3 Å². The molecule has 1 aromatic rings. The molecule has 0 N–H and O–H groups in total. The molecule has 1 aliphatic rings. The van der Waals surface area contributed by atoms with Crippen molar-refractivity contribution in [3.63, 3.8) is 0 Å². The molecule has 1 amide bonds. The van der Waals surface area contributed by atoms with Crippen LogP contribution in [0.3, 0.4) is 0 Å². The van der Waals surface area contributed by atoms with Crippen LogP contribution in [-0.4, -0.2) is 34.4 Å². The van der Waals surface area contributed by atoms with Crippen molar-refractivity contribution in [3.8, 4) is 0 Å². The minimum atomic E-state index is 0.119. The van der Waals surface area contributed by atoms with Gasteiger partial charge in [-0.25, -0.2) is 0 Å². The van der Waals surface area contributed by atoms with Gasteiger partial charge in [0.25, 0.3) is 5.91 Å². The summed E-state index contributed by atoms with van der Waals surface area (Å²) in [5, 5.41) is 0.497. The van der Waals surface area contributed by atoms with Crippen molar-refractivity contribution in [2.45, 2.75) is 25.1 Å². The summed E-state index contributed by atoms with van der Waals surface area (Å²) in [5.74, 6) is 1.14. The summed E-state index contributed by atoms with van der Waals surface area (Å²) in [6.45, 7) is 5.14. The maximum atomic E-state index is 12.6. The number of hydrogen-bond acceptors (Lipinski definition) is 2. The largest absolute Gasteiger partial charge is 0.334 e. The Morgan fingerprint density at radius 2 is 2.11 bits per heavy atom. The molecule has 2 nitrogen and oxygen atoms in total. The first-order valence-corrected chi connectivity index (χ1v) is 8.52. The van der Waals surface area contributed by atoms with Gasteiger partial charge in [0, 0.05) is 32.5 Å². The van der Waals surface area contributed by atoms with Crippen molar-refractivity contribution >= 4 is 49.5 Å². The molecule has 1 aliphatic heterocycles. The van der Waals surface area contributed by atoms with Gasteiger partial charge in [-0.15, -0.1) is 0 Å². The summed E-state index contributed by atoms with van der Waals surface area (Å²) in [7, 11) is 0. The van der Waals surface area contributed by atoms with E-state index >= 15 is 0 Å². The zero-order valence-corrected chi connectivity index (χ0v) is 14.3. The second kappa shape index (κ2) is 5.97. The van der Waals surface area contributed by atoms with Crippen LogP contribution in [0.5, 0.6) is 0 Å². The number of rotatable bonds is 1. The molecule has 98 valence electrons. The second-order valence-electron chi connectivity index (χ2n) is 4.44. The molecule has 0 radical (unpaired) electrons. The number of benzene rings is 1. The fourth-order valence-corrected chi connectivity index (χ4v) is 4.35. The van der Waals surface area contributed by atoms with Crippen molar-refractivity contribution in [2.75, 3.05) is 12.3 Å². The molecule has 0 spiro atoms. The Kier molecular flexibility index (Phi) is 4.78. The highest BCUT2D eigenvalue weighted by molar-refractivity contribution is 9.11. The van der Waals surface area contributed by atoms with Crippen LogP contribution in [0, 0.1) is 0 Å². The average Bonchev–Trinajstić information content (AvgIpc) is 2.32. The lowest BCUT2D eigenvalue weighted by atomic mass is 10.1. The summed E-state index contributed by atoms with van der Waals surface area (Å²) in [5.41, 5.74) is 0.740. The van der Waals surface area contributed by atoms with Crippen molar-refractivity contribution in [3.05, 3.63) is 32.7 Å². The Bertz CT molecular complexity index is 466. The van der Waals surface area contributed by atoms with E-state index in [1.807, 2.05) is 34.9 Å². The van der Waals surface area contributed by atoms with E-state index in [0.717, 1.165) is 26.8 Å². The van der Waals surface area contributed by atoms with Gasteiger partial charge in [0.15, 0.2) is 0 Å². The predicted molar refractivity (Wildman–Crippen MR) is 84.3 cm³/mol. The third-order valence-corrected chi connectivity index (χ3v) is 5.79. The number of carbonyl (C=O) groups is 1. The second-order valence-corrected chi connectivity index (χ2v) is 7.69. The zero-order chi connectivity index (χ0) is 13.3. The Balaban J connectivity index is 2.25. The van der Waals surface area contributed by atoms with Crippen LogP contribution >= 0.6 is 43.6 Å². The van der Waals surface area contributed by atoms with E-state index in [1.165, 1.54) is 0 Å². The number of hydrogen-bond donors (Lipinski definition) is 0. The van der Waals surface area contributed by atoms with E-state index in [9.17, 15) is 4.79 Å². The zero-order valence-electron chi connectivity index (χ0n) is 10.3. The predicted octanol–water partition coefficient (Wildman–Crippen LogP) is 4.18. The van der Waals surface area contributed by atoms with E-state index in [4.69, 9.17) is 0 Å². The van der Waals surface area contributed by atoms with Crippen LogP contribution in [0.1, 0.15) is 24.2 Å². The van der Waals surface area contributed by atoms with Crippen LogP contribution in [0.4, 0.5) is 0 Å². The molecule has 0 aliphatic carbocycles. The first-order chi connectivity index (χ1) is 8.50. The lowest BCUT2D eigenvalue weighted by Gasteiger charge is -2.37. The molecule has 2 atom stereocenters. The molecular weight excluding hydrogens is 378 g/mol. The number of carbonyl (C=O) groups excluding carboxylic acids is 1. The molecule has 1 aromatic carbocycles. The van der Waals surface area contributed by atoms with E-state index in [-0.39, 0.29) is 11.9 Å². The summed E-state index contributed by atoms with van der Waals surface area (Å²) in [6.07, 6.45) is 0. The van der Waals surface area contributed by atoms with Gasteiger partial charge in [-0.3, -0.25) is 4.79 Å². The lowest BCUT2D eigenvalue weighted by Crippen LogP contribution is -2.48. The van der Waals surface area contributed by atoms with Crippen LogP contribution in [0.15, 0.2) is 27.1 Å². The van der Waals surface area contributed by atoms with Gasteiger partial charge in [0.05, 0.1) is 5.56 Å². The number of amides is 1. The van der Waals surface area contributed by atoms with Gasteiger partial charge >= 0.3 is 0 Å². The molecule has 1 saturated heterocycles. The Hall–Kier alpha value is -0.000000000000000111. The Morgan fingerprint density at radius 3 is 2.78 bits per heavy atom. The Labute approximate surface area is 129 Å². The van der Waals surface area contributed by atoms with Gasteiger partial charge < -0.3 is 4.90 Å². The summed E-state index contributed by atoms with van der Waals surface area (Å²) in [4.78, 5) is 14.5. The molecule has 2 rings (SSSR count). The monoisotopic (exact) mass is 391 g/mol. The van der Waals surface area contributed by atoms with E-state index in [1.54, 1.807) is 0 Å². The maximum absolute atomic E-state index is 12.6. The summed E-state index contributed by atoms with van der Waals surface area (Å²) >= 11 is 8.81. The smallest absolute Gasteiger partial charge is 0.255 e. The Morgan fingerprint density at radius 1 is 1.39 bits per heavy atom. The highest BCUT2D eigenvalue weighted by atomic mass is 79.9. The highest BCUT2D eigenvalue weighted by Gasteiger charge is 2.30. The molecule has 5 heteroatoms. The molecule has 1 heterocycles. The molecule has 1 fully saturated rings. The summed E-state index contributed by atoms with van der Waals surface area (Å²) in [6, 6.07) is 5.98. The van der Waals surface area contributed by atoms with Crippen LogP contribution in [0.25, 0.3) is 0 Å². The molecule has 18 heavy (non-hydrogen) atoms. The van der Waals surface area contributed by atoms with Crippen LogP contribution < -0.4 is 0 Å².